The Morgan fingerprint density at radius 3 is 2.80 bits per heavy atom. The molecular weight excluding hydrogens is 262 g/mol. The Kier molecular flexibility index (Phi) is 3.79. The highest BCUT2D eigenvalue weighted by Gasteiger charge is 2.07. The molecule has 0 fully saturated rings. The van der Waals surface area contributed by atoms with Gasteiger partial charge in [-0.05, 0) is 28.1 Å². The van der Waals surface area contributed by atoms with Gasteiger partial charge in [0.25, 0.3) is 0 Å². The number of halogens is 1. The molecule has 15 heavy (non-hydrogen) atoms. The second-order valence-electron chi connectivity index (χ2n) is 3.02. The number of aromatic carboxylic acids is 1. The van der Waals surface area contributed by atoms with E-state index in [1.165, 1.54) is 6.07 Å². The monoisotopic (exact) mass is 271 g/mol. The first-order chi connectivity index (χ1) is 7.00. The standard InChI is InChI=1S/C9H10BrN3O2/c1-13(2)5-11-8-6(10)3-4-7(12-8)9(14)15/h3-5H,1-2H3,(H,14,15). The van der Waals surface area contributed by atoms with Crippen LogP contribution >= 0.6 is 15.9 Å². The van der Waals surface area contributed by atoms with E-state index in [2.05, 4.69) is 25.9 Å². The first kappa shape index (κ1) is 11.6. The van der Waals surface area contributed by atoms with E-state index in [-0.39, 0.29) is 5.69 Å². The van der Waals surface area contributed by atoms with Crippen molar-refractivity contribution in [2.24, 2.45) is 4.99 Å². The molecule has 0 atom stereocenters. The lowest BCUT2D eigenvalue weighted by Gasteiger charge is -2.03. The molecule has 1 aromatic rings. The third-order valence-corrected chi connectivity index (χ3v) is 2.08. The molecule has 0 aliphatic heterocycles. The van der Waals surface area contributed by atoms with Gasteiger partial charge >= 0.3 is 5.97 Å². The summed E-state index contributed by atoms with van der Waals surface area (Å²) in [5.74, 6) is -0.715. The molecule has 0 bridgehead atoms. The van der Waals surface area contributed by atoms with Gasteiger partial charge < -0.3 is 10.0 Å². The predicted octanol–water partition coefficient (Wildman–Crippen LogP) is 1.76. The van der Waals surface area contributed by atoms with Crippen molar-refractivity contribution in [2.45, 2.75) is 0 Å². The van der Waals surface area contributed by atoms with E-state index in [1.54, 1.807) is 17.3 Å². The topological polar surface area (TPSA) is 65.8 Å². The first-order valence-corrected chi connectivity index (χ1v) is 4.90. The number of pyridine rings is 1. The Bertz CT molecular complexity index is 404. The lowest BCUT2D eigenvalue weighted by atomic mass is 10.3. The summed E-state index contributed by atoms with van der Waals surface area (Å²) in [6.45, 7) is 0. The van der Waals surface area contributed by atoms with E-state index in [0.29, 0.717) is 10.3 Å². The average molecular weight is 272 g/mol. The van der Waals surface area contributed by atoms with Gasteiger partial charge in [-0.3, -0.25) is 0 Å². The van der Waals surface area contributed by atoms with Crippen molar-refractivity contribution in [3.8, 4) is 0 Å². The van der Waals surface area contributed by atoms with Gasteiger partial charge in [-0.1, -0.05) is 0 Å². The van der Waals surface area contributed by atoms with Gasteiger partial charge in [0.2, 0.25) is 0 Å². The molecule has 0 aliphatic carbocycles. The summed E-state index contributed by atoms with van der Waals surface area (Å²) in [5, 5.41) is 8.74. The largest absolute Gasteiger partial charge is 0.477 e. The van der Waals surface area contributed by atoms with E-state index in [9.17, 15) is 4.79 Å². The maximum absolute atomic E-state index is 10.7. The fraction of sp³-hybridized carbons (Fsp3) is 0.222. The second-order valence-corrected chi connectivity index (χ2v) is 3.87. The fourth-order valence-electron chi connectivity index (χ4n) is 0.811. The van der Waals surface area contributed by atoms with Gasteiger partial charge in [-0.15, -0.1) is 0 Å². The van der Waals surface area contributed by atoms with Crippen LogP contribution in [0.25, 0.3) is 0 Å². The molecule has 1 heterocycles. The Morgan fingerprint density at radius 1 is 1.60 bits per heavy atom. The van der Waals surface area contributed by atoms with Crippen LogP contribution in [0.4, 0.5) is 5.82 Å². The van der Waals surface area contributed by atoms with Crippen molar-refractivity contribution in [2.75, 3.05) is 14.1 Å². The number of carbonyl (C=O) groups is 1. The van der Waals surface area contributed by atoms with Gasteiger partial charge in [-0.25, -0.2) is 14.8 Å². The van der Waals surface area contributed by atoms with Gasteiger partial charge in [-0.2, -0.15) is 0 Å². The quantitative estimate of drug-likeness (QED) is 0.672. The number of hydrogen-bond donors (Lipinski definition) is 1. The molecule has 0 radical (unpaired) electrons. The summed E-state index contributed by atoms with van der Waals surface area (Å²) in [6.07, 6.45) is 1.55. The van der Waals surface area contributed by atoms with Crippen molar-refractivity contribution in [1.29, 1.82) is 0 Å². The zero-order valence-electron chi connectivity index (χ0n) is 8.31. The van der Waals surface area contributed by atoms with Crippen LogP contribution < -0.4 is 0 Å². The molecule has 0 aliphatic rings. The number of carboxylic acids is 1. The Balaban J connectivity index is 3.05. The highest BCUT2D eigenvalue weighted by molar-refractivity contribution is 9.10. The Morgan fingerprint density at radius 2 is 2.27 bits per heavy atom. The SMILES string of the molecule is CN(C)C=Nc1nc(C(=O)O)ccc1Br. The van der Waals surface area contributed by atoms with E-state index in [1.807, 2.05) is 14.1 Å². The molecule has 0 amide bonds. The molecule has 6 heteroatoms. The molecule has 80 valence electrons. The number of rotatable bonds is 3. The van der Waals surface area contributed by atoms with Crippen LogP contribution in [0.15, 0.2) is 21.6 Å². The van der Waals surface area contributed by atoms with Gasteiger partial charge in [0.15, 0.2) is 11.5 Å². The average Bonchev–Trinajstić information content (AvgIpc) is 2.16. The van der Waals surface area contributed by atoms with E-state index in [0.717, 1.165) is 0 Å². The maximum atomic E-state index is 10.7. The van der Waals surface area contributed by atoms with Gasteiger partial charge in [0.05, 0.1) is 10.8 Å². The molecule has 0 saturated carbocycles. The normalized spacial score (nSPS) is 10.6. The third-order valence-electron chi connectivity index (χ3n) is 1.46. The minimum absolute atomic E-state index is 0.0240. The summed E-state index contributed by atoms with van der Waals surface area (Å²) in [5.41, 5.74) is -0.0240. The smallest absolute Gasteiger partial charge is 0.354 e. The number of nitrogens with zero attached hydrogens (tertiary/aromatic N) is 3. The number of hydrogen-bond acceptors (Lipinski definition) is 3. The van der Waals surface area contributed by atoms with Crippen molar-refractivity contribution >= 4 is 34.1 Å². The third kappa shape index (κ3) is 3.32. The molecule has 1 rings (SSSR count). The highest BCUT2D eigenvalue weighted by atomic mass is 79.9. The maximum Gasteiger partial charge on any atom is 0.354 e. The van der Waals surface area contributed by atoms with E-state index in [4.69, 9.17) is 5.11 Å². The van der Waals surface area contributed by atoms with Crippen LogP contribution in [0.2, 0.25) is 0 Å². The van der Waals surface area contributed by atoms with Crippen LogP contribution in [0.5, 0.6) is 0 Å². The summed E-state index contributed by atoms with van der Waals surface area (Å²) in [6, 6.07) is 3.03. The first-order valence-electron chi connectivity index (χ1n) is 4.11. The zero-order valence-corrected chi connectivity index (χ0v) is 9.89. The van der Waals surface area contributed by atoms with Crippen molar-refractivity contribution in [3.05, 3.63) is 22.3 Å². The minimum atomic E-state index is -1.07. The molecule has 1 N–H and O–H groups in total. The molecule has 0 spiro atoms. The number of aliphatic imine (C=N–C) groups is 1. The number of carboxylic acid groups (broad SMARTS) is 1. The summed E-state index contributed by atoms with van der Waals surface area (Å²) in [7, 11) is 3.64. The summed E-state index contributed by atoms with van der Waals surface area (Å²) >= 11 is 3.24. The van der Waals surface area contributed by atoms with Crippen molar-refractivity contribution in [3.63, 3.8) is 0 Å². The molecule has 0 unspecified atom stereocenters. The Hall–Kier alpha value is -1.43. The van der Waals surface area contributed by atoms with Crippen molar-refractivity contribution < 1.29 is 9.90 Å². The minimum Gasteiger partial charge on any atom is -0.477 e. The summed E-state index contributed by atoms with van der Waals surface area (Å²) < 4.78 is 0.658. The van der Waals surface area contributed by atoms with Crippen LogP contribution in [0.1, 0.15) is 10.5 Å². The van der Waals surface area contributed by atoms with Crippen molar-refractivity contribution in [1.82, 2.24) is 9.88 Å². The number of aromatic nitrogens is 1. The van der Waals surface area contributed by atoms with E-state index < -0.39 is 5.97 Å². The van der Waals surface area contributed by atoms with Gasteiger partial charge in [0, 0.05) is 14.1 Å². The Labute approximate surface area is 95.6 Å². The molecule has 5 nitrogen and oxygen atoms in total. The lowest BCUT2D eigenvalue weighted by molar-refractivity contribution is 0.0690. The highest BCUT2D eigenvalue weighted by Crippen LogP contribution is 2.22. The second kappa shape index (κ2) is 4.88. The fourth-order valence-corrected chi connectivity index (χ4v) is 1.13. The summed E-state index contributed by atoms with van der Waals surface area (Å²) in [4.78, 5) is 20.3. The van der Waals surface area contributed by atoms with Crippen LogP contribution in [0.3, 0.4) is 0 Å². The van der Waals surface area contributed by atoms with Crippen LogP contribution in [0, 0.1) is 0 Å². The molecule has 0 aromatic carbocycles. The van der Waals surface area contributed by atoms with Crippen LogP contribution in [-0.4, -0.2) is 41.4 Å². The predicted molar refractivity (Wildman–Crippen MR) is 60.7 cm³/mol. The molecule has 0 saturated heterocycles. The molecular formula is C9H10BrN3O2. The van der Waals surface area contributed by atoms with Crippen LogP contribution in [-0.2, 0) is 0 Å². The van der Waals surface area contributed by atoms with Gasteiger partial charge in [0.1, 0.15) is 0 Å². The zero-order chi connectivity index (χ0) is 11.4. The van der Waals surface area contributed by atoms with E-state index >= 15 is 0 Å². The molecule has 1 aromatic heterocycles. The lowest BCUT2D eigenvalue weighted by Crippen LogP contribution is -2.07.